The Morgan fingerprint density at radius 3 is 2.83 bits per heavy atom. The van der Waals surface area contributed by atoms with Gasteiger partial charge in [0.1, 0.15) is 5.75 Å². The highest BCUT2D eigenvalue weighted by Gasteiger charge is 2.50. The molecule has 1 spiro atoms. The molecule has 1 amide bonds. The summed E-state index contributed by atoms with van der Waals surface area (Å²) in [5, 5.41) is 1.32. The number of aryl methyl sites for hydroxylation is 1. The Balaban J connectivity index is 1.53. The zero-order chi connectivity index (χ0) is 20.9. The number of carbonyl (C=O) groups excluding carboxylic acids is 1. The van der Waals surface area contributed by atoms with Crippen molar-refractivity contribution in [3.8, 4) is 5.75 Å². The van der Waals surface area contributed by atoms with Crippen LogP contribution < -0.4 is 4.74 Å². The van der Waals surface area contributed by atoms with Gasteiger partial charge in [-0.2, -0.15) is 0 Å². The number of carbonyl (C=O) groups is 1. The van der Waals surface area contributed by atoms with Crippen LogP contribution in [0.25, 0.3) is 10.9 Å². The molecular formula is C25H29N3O2. The maximum absolute atomic E-state index is 12.7. The molecule has 5 nitrogen and oxygen atoms in total. The summed E-state index contributed by atoms with van der Waals surface area (Å²) >= 11 is 0. The molecule has 1 atom stereocenters. The van der Waals surface area contributed by atoms with Gasteiger partial charge in [0.15, 0.2) is 0 Å². The van der Waals surface area contributed by atoms with E-state index in [0.29, 0.717) is 0 Å². The predicted octanol–water partition coefficient (Wildman–Crippen LogP) is 3.99. The standard InChI is InChI=1S/C25H29N3O2/c1-17-6-4-9-21-22-10-12-28(18(2)29)25(24(22)26-23(17)21)11-13-27(16-25)15-19-7-5-8-20(14-19)30-3/h4-9,14,26H,10-13,15-16H2,1-3H3. The summed E-state index contributed by atoms with van der Waals surface area (Å²) in [6.45, 7) is 7.34. The molecule has 1 aromatic heterocycles. The van der Waals surface area contributed by atoms with Gasteiger partial charge in [0.05, 0.1) is 12.6 Å². The first kappa shape index (κ1) is 19.2. The van der Waals surface area contributed by atoms with Crippen molar-refractivity contribution in [2.45, 2.75) is 38.8 Å². The highest BCUT2D eigenvalue weighted by atomic mass is 16.5. The monoisotopic (exact) mass is 403 g/mol. The first-order valence-electron chi connectivity index (χ1n) is 10.8. The summed E-state index contributed by atoms with van der Waals surface area (Å²) in [5.41, 5.74) is 6.10. The van der Waals surface area contributed by atoms with Crippen LogP contribution in [0.3, 0.4) is 0 Å². The van der Waals surface area contributed by atoms with Gasteiger partial charge >= 0.3 is 0 Å². The minimum atomic E-state index is -0.274. The number of hydrogen-bond acceptors (Lipinski definition) is 3. The number of aromatic nitrogens is 1. The average Bonchev–Trinajstić information content (AvgIpc) is 3.32. The normalized spacial score (nSPS) is 21.4. The van der Waals surface area contributed by atoms with Gasteiger partial charge in [-0.15, -0.1) is 0 Å². The van der Waals surface area contributed by atoms with E-state index in [1.54, 1.807) is 14.0 Å². The van der Waals surface area contributed by atoms with Crippen LogP contribution in [0.1, 0.15) is 35.7 Å². The van der Waals surface area contributed by atoms with Crippen molar-refractivity contribution < 1.29 is 9.53 Å². The molecule has 0 aliphatic carbocycles. The van der Waals surface area contributed by atoms with Crippen LogP contribution in [0.5, 0.6) is 5.75 Å². The van der Waals surface area contributed by atoms with E-state index >= 15 is 0 Å². The number of hydrogen-bond donors (Lipinski definition) is 1. The van der Waals surface area contributed by atoms with Gasteiger partial charge in [-0.1, -0.05) is 30.3 Å². The van der Waals surface area contributed by atoms with Crippen molar-refractivity contribution >= 4 is 16.8 Å². The Hall–Kier alpha value is -2.79. The number of methoxy groups -OCH3 is 1. The second kappa shape index (κ2) is 7.17. The predicted molar refractivity (Wildman–Crippen MR) is 119 cm³/mol. The first-order valence-corrected chi connectivity index (χ1v) is 10.8. The Kier molecular flexibility index (Phi) is 4.58. The van der Waals surface area contributed by atoms with Crippen molar-refractivity contribution in [1.82, 2.24) is 14.8 Å². The van der Waals surface area contributed by atoms with Crippen LogP contribution in [0.15, 0.2) is 42.5 Å². The quantitative estimate of drug-likeness (QED) is 0.719. The van der Waals surface area contributed by atoms with Crippen LogP contribution in [-0.2, 0) is 23.3 Å². The largest absolute Gasteiger partial charge is 0.497 e. The molecule has 2 aliphatic rings. The van der Waals surface area contributed by atoms with E-state index in [9.17, 15) is 4.79 Å². The lowest BCUT2D eigenvalue weighted by Crippen LogP contribution is -2.54. The number of amides is 1. The first-order chi connectivity index (χ1) is 14.5. The molecule has 1 saturated heterocycles. The molecule has 2 aliphatic heterocycles. The summed E-state index contributed by atoms with van der Waals surface area (Å²) in [6, 6.07) is 14.8. The third-order valence-electron chi connectivity index (χ3n) is 6.96. The van der Waals surface area contributed by atoms with Crippen molar-refractivity contribution in [2.75, 3.05) is 26.7 Å². The molecule has 0 bridgehead atoms. The van der Waals surface area contributed by atoms with Crippen LogP contribution >= 0.6 is 0 Å². The van der Waals surface area contributed by atoms with Gasteiger partial charge in [0.2, 0.25) is 5.91 Å². The Morgan fingerprint density at radius 1 is 1.20 bits per heavy atom. The third kappa shape index (κ3) is 2.91. The fourth-order valence-corrected chi connectivity index (χ4v) is 5.57. The fraction of sp³-hybridized carbons (Fsp3) is 0.400. The highest BCUT2D eigenvalue weighted by Crippen LogP contribution is 2.45. The number of aromatic amines is 1. The SMILES string of the molecule is COc1cccc(CN2CCC3(C2)c2[nH]c4c(C)cccc4c2CCN3C(C)=O)c1. The molecule has 30 heavy (non-hydrogen) atoms. The summed E-state index contributed by atoms with van der Waals surface area (Å²) < 4.78 is 5.39. The number of H-pyrrole nitrogens is 1. The number of nitrogens with zero attached hydrogens (tertiary/aromatic N) is 2. The van der Waals surface area contributed by atoms with Crippen LogP contribution in [0.4, 0.5) is 0 Å². The number of benzene rings is 2. The minimum absolute atomic E-state index is 0.166. The van der Waals surface area contributed by atoms with Gasteiger partial charge in [0.25, 0.3) is 0 Å². The van der Waals surface area contributed by atoms with E-state index in [-0.39, 0.29) is 11.4 Å². The molecule has 1 unspecified atom stereocenters. The Labute approximate surface area is 177 Å². The van der Waals surface area contributed by atoms with Gasteiger partial charge in [-0.3, -0.25) is 9.69 Å². The van der Waals surface area contributed by atoms with Gasteiger partial charge in [-0.05, 0) is 48.6 Å². The topological polar surface area (TPSA) is 48.6 Å². The molecule has 1 fully saturated rings. The molecule has 1 N–H and O–H groups in total. The van der Waals surface area contributed by atoms with Gasteiger partial charge in [-0.25, -0.2) is 0 Å². The molecule has 156 valence electrons. The van der Waals surface area contributed by atoms with E-state index in [2.05, 4.69) is 52.0 Å². The zero-order valence-corrected chi connectivity index (χ0v) is 18.0. The summed E-state index contributed by atoms with van der Waals surface area (Å²) in [5.74, 6) is 1.05. The summed E-state index contributed by atoms with van der Waals surface area (Å²) in [6.07, 6.45) is 1.87. The second-order valence-electron chi connectivity index (χ2n) is 8.74. The van der Waals surface area contributed by atoms with Crippen molar-refractivity contribution in [3.05, 3.63) is 64.8 Å². The van der Waals surface area contributed by atoms with Gasteiger partial charge < -0.3 is 14.6 Å². The van der Waals surface area contributed by atoms with E-state index in [1.165, 1.54) is 33.3 Å². The van der Waals surface area contributed by atoms with E-state index in [1.807, 2.05) is 12.1 Å². The molecule has 5 heteroatoms. The Bertz CT molecular complexity index is 1120. The molecule has 3 heterocycles. The molecular weight excluding hydrogens is 374 g/mol. The van der Waals surface area contributed by atoms with E-state index in [0.717, 1.165) is 44.8 Å². The number of ether oxygens (including phenoxy) is 1. The Morgan fingerprint density at radius 2 is 2.03 bits per heavy atom. The minimum Gasteiger partial charge on any atom is -0.497 e. The van der Waals surface area contributed by atoms with Crippen LogP contribution in [0.2, 0.25) is 0 Å². The lowest BCUT2D eigenvalue weighted by molar-refractivity contribution is -0.136. The molecule has 5 rings (SSSR count). The average molecular weight is 404 g/mol. The summed E-state index contributed by atoms with van der Waals surface area (Å²) in [4.78, 5) is 21.0. The smallest absolute Gasteiger partial charge is 0.220 e. The lowest BCUT2D eigenvalue weighted by Gasteiger charge is -2.44. The number of para-hydroxylation sites is 1. The fourth-order valence-electron chi connectivity index (χ4n) is 5.57. The number of nitrogens with one attached hydrogen (secondary N) is 1. The summed E-state index contributed by atoms with van der Waals surface area (Å²) in [7, 11) is 1.70. The molecule has 3 aromatic rings. The van der Waals surface area contributed by atoms with Crippen LogP contribution in [0, 0.1) is 6.92 Å². The molecule has 0 radical (unpaired) electrons. The highest BCUT2D eigenvalue weighted by molar-refractivity contribution is 5.88. The number of fused-ring (bicyclic) bond motifs is 4. The molecule has 2 aromatic carbocycles. The maximum Gasteiger partial charge on any atom is 0.220 e. The van der Waals surface area contributed by atoms with Gasteiger partial charge in [0, 0.05) is 49.7 Å². The number of likely N-dealkylation sites (tertiary alicyclic amines) is 1. The van der Waals surface area contributed by atoms with Crippen molar-refractivity contribution in [2.24, 2.45) is 0 Å². The van der Waals surface area contributed by atoms with Crippen molar-refractivity contribution in [1.29, 1.82) is 0 Å². The van der Waals surface area contributed by atoms with E-state index < -0.39 is 0 Å². The third-order valence-corrected chi connectivity index (χ3v) is 6.96. The van der Waals surface area contributed by atoms with Crippen molar-refractivity contribution in [3.63, 3.8) is 0 Å². The van der Waals surface area contributed by atoms with Crippen LogP contribution in [-0.4, -0.2) is 47.4 Å². The second-order valence-corrected chi connectivity index (χ2v) is 8.74. The lowest BCUT2D eigenvalue weighted by atomic mass is 9.83. The zero-order valence-electron chi connectivity index (χ0n) is 18.0. The maximum atomic E-state index is 12.7. The number of rotatable bonds is 3. The molecule has 0 saturated carbocycles. The van der Waals surface area contributed by atoms with E-state index in [4.69, 9.17) is 4.74 Å².